The van der Waals surface area contributed by atoms with E-state index in [-0.39, 0.29) is 0 Å². The molecule has 0 aliphatic heterocycles. The van der Waals surface area contributed by atoms with Crippen LogP contribution in [0.3, 0.4) is 0 Å². The highest BCUT2D eigenvalue weighted by atomic mass is 15.3. The SMILES string of the molecule is CCNC1C(n2nc(C)c(C)c2C)CCCC1(C)C. The van der Waals surface area contributed by atoms with E-state index < -0.39 is 0 Å². The molecule has 1 saturated carbocycles. The lowest BCUT2D eigenvalue weighted by atomic mass is 9.70. The van der Waals surface area contributed by atoms with Crippen molar-refractivity contribution in [2.24, 2.45) is 5.41 Å². The van der Waals surface area contributed by atoms with E-state index in [1.54, 1.807) is 0 Å². The molecule has 1 aliphatic rings. The number of rotatable bonds is 3. The Labute approximate surface area is 117 Å². The van der Waals surface area contributed by atoms with Crippen LogP contribution < -0.4 is 5.32 Å². The molecule has 1 aromatic rings. The topological polar surface area (TPSA) is 29.9 Å². The molecule has 1 fully saturated rings. The largest absolute Gasteiger partial charge is 0.312 e. The summed E-state index contributed by atoms with van der Waals surface area (Å²) >= 11 is 0. The van der Waals surface area contributed by atoms with Crippen molar-refractivity contribution in [2.45, 2.75) is 72.9 Å². The summed E-state index contributed by atoms with van der Waals surface area (Å²) in [6.45, 7) is 14.5. The quantitative estimate of drug-likeness (QED) is 0.904. The lowest BCUT2D eigenvalue weighted by Crippen LogP contribution is -2.50. The van der Waals surface area contributed by atoms with Crippen LogP contribution in [0.2, 0.25) is 0 Å². The first kappa shape index (κ1) is 14.6. The van der Waals surface area contributed by atoms with Crippen LogP contribution in [-0.4, -0.2) is 22.4 Å². The van der Waals surface area contributed by atoms with Crippen LogP contribution in [0.25, 0.3) is 0 Å². The fourth-order valence-electron chi connectivity index (χ4n) is 3.57. The molecule has 0 saturated heterocycles. The molecule has 0 spiro atoms. The van der Waals surface area contributed by atoms with Gasteiger partial charge in [-0.3, -0.25) is 4.68 Å². The van der Waals surface area contributed by atoms with E-state index in [4.69, 9.17) is 5.10 Å². The van der Waals surface area contributed by atoms with Gasteiger partial charge in [-0.05, 0) is 51.1 Å². The Kier molecular flexibility index (Phi) is 4.05. The maximum atomic E-state index is 4.81. The molecule has 108 valence electrons. The van der Waals surface area contributed by atoms with Gasteiger partial charge in [0.25, 0.3) is 0 Å². The van der Waals surface area contributed by atoms with Crippen LogP contribution in [0.5, 0.6) is 0 Å². The predicted molar refractivity (Wildman–Crippen MR) is 80.6 cm³/mol. The van der Waals surface area contributed by atoms with Gasteiger partial charge >= 0.3 is 0 Å². The van der Waals surface area contributed by atoms with Crippen molar-refractivity contribution in [3.63, 3.8) is 0 Å². The van der Waals surface area contributed by atoms with Crippen molar-refractivity contribution >= 4 is 0 Å². The van der Waals surface area contributed by atoms with Crippen molar-refractivity contribution in [3.8, 4) is 0 Å². The third-order valence-electron chi connectivity index (χ3n) is 4.97. The van der Waals surface area contributed by atoms with Gasteiger partial charge < -0.3 is 5.32 Å². The van der Waals surface area contributed by atoms with Gasteiger partial charge in [-0.15, -0.1) is 0 Å². The van der Waals surface area contributed by atoms with Gasteiger partial charge in [-0.2, -0.15) is 5.10 Å². The molecule has 0 aromatic carbocycles. The van der Waals surface area contributed by atoms with Crippen LogP contribution in [-0.2, 0) is 0 Å². The summed E-state index contributed by atoms with van der Waals surface area (Å²) in [6, 6.07) is 1.01. The zero-order chi connectivity index (χ0) is 14.2. The molecule has 1 aromatic heterocycles. The second kappa shape index (κ2) is 5.28. The Morgan fingerprint density at radius 2 is 2.00 bits per heavy atom. The summed E-state index contributed by atoms with van der Waals surface area (Å²) in [5.41, 5.74) is 4.21. The summed E-state index contributed by atoms with van der Waals surface area (Å²) in [4.78, 5) is 0. The molecule has 19 heavy (non-hydrogen) atoms. The van der Waals surface area contributed by atoms with E-state index in [0.717, 1.165) is 6.54 Å². The summed E-state index contributed by atoms with van der Waals surface area (Å²) < 4.78 is 2.29. The summed E-state index contributed by atoms with van der Waals surface area (Å²) in [6.07, 6.45) is 3.85. The molecule has 1 heterocycles. The normalized spacial score (nSPS) is 26.6. The molecule has 0 bridgehead atoms. The Morgan fingerprint density at radius 1 is 1.32 bits per heavy atom. The minimum atomic E-state index is 0.346. The van der Waals surface area contributed by atoms with Crippen LogP contribution in [0, 0.1) is 26.2 Å². The average Bonchev–Trinajstić information content (AvgIpc) is 2.59. The number of aromatic nitrogens is 2. The Balaban J connectivity index is 2.37. The molecule has 2 rings (SSSR count). The van der Waals surface area contributed by atoms with Gasteiger partial charge in [-0.25, -0.2) is 0 Å². The first-order valence-corrected chi connectivity index (χ1v) is 7.64. The van der Waals surface area contributed by atoms with Crippen LogP contribution in [0.4, 0.5) is 0 Å². The molecular formula is C16H29N3. The second-order valence-electron chi connectivity index (χ2n) is 6.72. The lowest BCUT2D eigenvalue weighted by Gasteiger charge is -2.44. The van der Waals surface area contributed by atoms with Gasteiger partial charge in [0.05, 0.1) is 11.7 Å². The first-order valence-electron chi connectivity index (χ1n) is 7.64. The number of aryl methyl sites for hydroxylation is 1. The molecule has 0 amide bonds. The van der Waals surface area contributed by atoms with Crippen molar-refractivity contribution in [2.75, 3.05) is 6.54 Å². The standard InChI is InChI=1S/C16H29N3/c1-7-17-15-14(9-8-10-16(15,5)6)19-13(4)11(2)12(3)18-19/h14-15,17H,7-10H2,1-6H3. The number of likely N-dealkylation sites (N-methyl/N-ethyl adjacent to an activating group) is 1. The van der Waals surface area contributed by atoms with Gasteiger partial charge in [0.2, 0.25) is 0 Å². The van der Waals surface area contributed by atoms with Gasteiger partial charge in [-0.1, -0.05) is 27.2 Å². The van der Waals surface area contributed by atoms with E-state index in [0.29, 0.717) is 17.5 Å². The highest BCUT2D eigenvalue weighted by Gasteiger charge is 2.40. The molecular weight excluding hydrogens is 234 g/mol. The number of nitrogens with one attached hydrogen (secondary N) is 1. The molecule has 0 radical (unpaired) electrons. The highest BCUT2D eigenvalue weighted by Crippen LogP contribution is 2.41. The molecule has 3 nitrogen and oxygen atoms in total. The first-order chi connectivity index (χ1) is 8.88. The van der Waals surface area contributed by atoms with Gasteiger partial charge in [0.15, 0.2) is 0 Å². The van der Waals surface area contributed by atoms with Crippen molar-refractivity contribution < 1.29 is 0 Å². The minimum Gasteiger partial charge on any atom is -0.312 e. The van der Waals surface area contributed by atoms with Crippen molar-refractivity contribution in [1.29, 1.82) is 0 Å². The lowest BCUT2D eigenvalue weighted by molar-refractivity contribution is 0.106. The minimum absolute atomic E-state index is 0.346. The van der Waals surface area contributed by atoms with Crippen LogP contribution in [0.15, 0.2) is 0 Å². The number of hydrogen-bond donors (Lipinski definition) is 1. The Bertz CT molecular complexity index is 445. The van der Waals surface area contributed by atoms with Crippen LogP contribution in [0.1, 0.15) is 63.0 Å². The molecule has 3 heteroatoms. The van der Waals surface area contributed by atoms with E-state index in [1.165, 1.54) is 36.2 Å². The third-order valence-corrected chi connectivity index (χ3v) is 4.97. The third kappa shape index (κ3) is 2.58. The predicted octanol–water partition coefficient (Wildman–Crippen LogP) is 3.54. The number of nitrogens with zero attached hydrogens (tertiary/aromatic N) is 2. The second-order valence-corrected chi connectivity index (χ2v) is 6.72. The Morgan fingerprint density at radius 3 is 2.53 bits per heavy atom. The molecule has 1 aliphatic carbocycles. The highest BCUT2D eigenvalue weighted by molar-refractivity contribution is 5.23. The zero-order valence-electron chi connectivity index (χ0n) is 13.4. The van der Waals surface area contributed by atoms with Gasteiger partial charge in [0, 0.05) is 11.7 Å². The smallest absolute Gasteiger partial charge is 0.0680 e. The summed E-state index contributed by atoms with van der Waals surface area (Å²) in [5.74, 6) is 0. The number of hydrogen-bond acceptors (Lipinski definition) is 2. The van der Waals surface area contributed by atoms with Crippen molar-refractivity contribution in [1.82, 2.24) is 15.1 Å². The van der Waals surface area contributed by atoms with Crippen molar-refractivity contribution in [3.05, 3.63) is 17.0 Å². The van der Waals surface area contributed by atoms with E-state index >= 15 is 0 Å². The monoisotopic (exact) mass is 263 g/mol. The maximum Gasteiger partial charge on any atom is 0.0680 e. The van der Waals surface area contributed by atoms with E-state index in [1.807, 2.05) is 0 Å². The molecule has 2 unspecified atom stereocenters. The molecule has 2 atom stereocenters. The summed E-state index contributed by atoms with van der Waals surface area (Å²) in [7, 11) is 0. The maximum absolute atomic E-state index is 4.81. The van der Waals surface area contributed by atoms with E-state index in [2.05, 4.69) is 51.5 Å². The van der Waals surface area contributed by atoms with Gasteiger partial charge in [0.1, 0.15) is 0 Å². The van der Waals surface area contributed by atoms with Crippen LogP contribution >= 0.6 is 0 Å². The fraction of sp³-hybridized carbons (Fsp3) is 0.812. The Hall–Kier alpha value is -0.830. The summed E-state index contributed by atoms with van der Waals surface area (Å²) in [5, 5.41) is 8.53. The molecule has 1 N–H and O–H groups in total. The fourth-order valence-corrected chi connectivity index (χ4v) is 3.57. The zero-order valence-corrected chi connectivity index (χ0v) is 13.4. The van der Waals surface area contributed by atoms with E-state index in [9.17, 15) is 0 Å². The average molecular weight is 263 g/mol.